The molecule has 1 aliphatic heterocycles. The molecule has 0 bridgehead atoms. The Morgan fingerprint density at radius 1 is 1.50 bits per heavy atom. The topological polar surface area (TPSA) is 73.1 Å². The maximum atomic E-state index is 13.6. The molecule has 3 rings (SSSR count). The van der Waals surface area contributed by atoms with Crippen molar-refractivity contribution in [2.45, 2.75) is 51.5 Å². The van der Waals surface area contributed by atoms with Gasteiger partial charge in [0.1, 0.15) is 5.82 Å². The van der Waals surface area contributed by atoms with Gasteiger partial charge >= 0.3 is 5.97 Å². The monoisotopic (exact) mass is 376 g/mol. The lowest BCUT2D eigenvalue weighted by Crippen LogP contribution is -2.57. The molecule has 1 heterocycles. The molecule has 0 aromatic heterocycles. The van der Waals surface area contributed by atoms with Gasteiger partial charge in [0, 0.05) is 22.7 Å². The van der Waals surface area contributed by atoms with Crippen LogP contribution in [0.15, 0.2) is 29.5 Å². The van der Waals surface area contributed by atoms with Crippen LogP contribution in [-0.2, 0) is 4.79 Å². The van der Waals surface area contributed by atoms with Crippen molar-refractivity contribution in [1.82, 2.24) is 5.32 Å². The summed E-state index contributed by atoms with van der Waals surface area (Å²) in [6.07, 6.45) is 3.08. The summed E-state index contributed by atoms with van der Waals surface area (Å²) in [4.78, 5) is 12.6. The lowest BCUT2D eigenvalue weighted by molar-refractivity contribution is -0.153. The number of hydrogen-bond donors (Lipinski definition) is 2. The SMILES string of the molecule is CCC1NC(C)=C(C#N)C(c2ccc(F)cc2Cl)C1(CC1CC1)C(=O)O. The average Bonchev–Trinajstić information content (AvgIpc) is 3.39. The van der Waals surface area contributed by atoms with E-state index in [0.717, 1.165) is 12.8 Å². The maximum Gasteiger partial charge on any atom is 0.312 e. The summed E-state index contributed by atoms with van der Waals surface area (Å²) in [6.45, 7) is 3.73. The third-order valence-electron chi connectivity index (χ3n) is 5.74. The minimum absolute atomic E-state index is 0.161. The highest BCUT2D eigenvalue weighted by Crippen LogP contribution is 2.56. The van der Waals surface area contributed by atoms with E-state index < -0.39 is 23.1 Å². The fourth-order valence-electron chi connectivity index (χ4n) is 4.35. The van der Waals surface area contributed by atoms with E-state index in [9.17, 15) is 19.6 Å². The Bertz CT molecular complexity index is 813. The molecular weight excluding hydrogens is 355 g/mol. The summed E-state index contributed by atoms with van der Waals surface area (Å²) in [5, 5.41) is 23.6. The van der Waals surface area contributed by atoms with Crippen LogP contribution in [0.2, 0.25) is 5.02 Å². The van der Waals surface area contributed by atoms with Gasteiger partial charge in [-0.25, -0.2) is 4.39 Å². The van der Waals surface area contributed by atoms with Crippen LogP contribution >= 0.6 is 11.6 Å². The van der Waals surface area contributed by atoms with Gasteiger partial charge in [0.15, 0.2) is 0 Å². The zero-order chi connectivity index (χ0) is 19.1. The van der Waals surface area contributed by atoms with Crippen molar-refractivity contribution in [2.75, 3.05) is 0 Å². The standard InChI is InChI=1S/C20H22ClFN2O2/c1-3-17-20(19(25)26,9-12-4-5-12)18(15(10-23)11(2)24-17)14-7-6-13(22)8-16(14)21/h6-8,12,17-18,24H,3-5,9H2,1-2H3,(H,25,26). The van der Waals surface area contributed by atoms with Gasteiger partial charge in [-0.1, -0.05) is 37.4 Å². The largest absolute Gasteiger partial charge is 0.481 e. The smallest absolute Gasteiger partial charge is 0.312 e. The molecule has 0 radical (unpaired) electrons. The van der Waals surface area contributed by atoms with Crippen molar-refractivity contribution in [3.05, 3.63) is 45.9 Å². The first kappa shape index (κ1) is 18.7. The molecule has 0 spiro atoms. The van der Waals surface area contributed by atoms with E-state index in [4.69, 9.17) is 11.6 Å². The summed E-state index contributed by atoms with van der Waals surface area (Å²) in [5.41, 5.74) is 0.345. The average molecular weight is 377 g/mol. The molecule has 6 heteroatoms. The second-order valence-corrected chi connectivity index (χ2v) is 7.75. The molecule has 4 nitrogen and oxygen atoms in total. The molecule has 138 valence electrons. The molecule has 1 fully saturated rings. The molecule has 1 aliphatic carbocycles. The first-order chi connectivity index (χ1) is 12.3. The molecule has 3 atom stereocenters. The summed E-state index contributed by atoms with van der Waals surface area (Å²) in [6, 6.07) is 5.85. The predicted octanol–water partition coefficient (Wildman–Crippen LogP) is 4.61. The van der Waals surface area contributed by atoms with Crippen LogP contribution in [0.25, 0.3) is 0 Å². The minimum atomic E-state index is -1.19. The number of nitriles is 1. The highest BCUT2D eigenvalue weighted by atomic mass is 35.5. The van der Waals surface area contributed by atoms with E-state index in [1.54, 1.807) is 6.92 Å². The van der Waals surface area contributed by atoms with Crippen molar-refractivity contribution in [2.24, 2.45) is 11.3 Å². The fourth-order valence-corrected chi connectivity index (χ4v) is 4.62. The first-order valence-electron chi connectivity index (χ1n) is 8.90. The van der Waals surface area contributed by atoms with Crippen LogP contribution in [0.3, 0.4) is 0 Å². The second kappa shape index (κ2) is 6.92. The van der Waals surface area contributed by atoms with Crippen molar-refractivity contribution < 1.29 is 14.3 Å². The summed E-state index contributed by atoms with van der Waals surface area (Å²) >= 11 is 6.32. The van der Waals surface area contributed by atoms with Gasteiger partial charge < -0.3 is 10.4 Å². The first-order valence-corrected chi connectivity index (χ1v) is 9.28. The zero-order valence-electron chi connectivity index (χ0n) is 14.9. The fraction of sp³-hybridized carbons (Fsp3) is 0.500. The summed E-state index contributed by atoms with van der Waals surface area (Å²) < 4.78 is 13.6. The second-order valence-electron chi connectivity index (χ2n) is 7.35. The highest BCUT2D eigenvalue weighted by molar-refractivity contribution is 6.31. The van der Waals surface area contributed by atoms with E-state index >= 15 is 0 Å². The predicted molar refractivity (Wildman–Crippen MR) is 97.1 cm³/mol. The zero-order valence-corrected chi connectivity index (χ0v) is 15.6. The van der Waals surface area contributed by atoms with Crippen LogP contribution in [0, 0.1) is 28.5 Å². The Hall–Kier alpha value is -2.06. The highest BCUT2D eigenvalue weighted by Gasteiger charge is 2.58. The van der Waals surface area contributed by atoms with Gasteiger partial charge in [-0.05, 0) is 43.4 Å². The number of rotatable bonds is 5. The Morgan fingerprint density at radius 3 is 2.69 bits per heavy atom. The van der Waals surface area contributed by atoms with Crippen LogP contribution in [0.4, 0.5) is 4.39 Å². The molecule has 2 aliphatic rings. The van der Waals surface area contributed by atoms with Crippen molar-refractivity contribution in [1.29, 1.82) is 5.26 Å². The van der Waals surface area contributed by atoms with E-state index in [2.05, 4.69) is 11.4 Å². The van der Waals surface area contributed by atoms with Gasteiger partial charge in [0.05, 0.1) is 17.1 Å². The third-order valence-corrected chi connectivity index (χ3v) is 6.07. The van der Waals surface area contributed by atoms with Crippen molar-refractivity contribution in [3.8, 4) is 6.07 Å². The van der Waals surface area contributed by atoms with Crippen LogP contribution in [0.1, 0.15) is 51.0 Å². The molecule has 2 N–H and O–H groups in total. The molecule has 1 saturated carbocycles. The molecule has 0 saturated heterocycles. The van der Waals surface area contributed by atoms with Crippen LogP contribution < -0.4 is 5.32 Å². The Kier molecular flexibility index (Phi) is 4.98. The number of carboxylic acid groups (broad SMARTS) is 1. The maximum absolute atomic E-state index is 13.6. The summed E-state index contributed by atoms with van der Waals surface area (Å²) in [5.74, 6) is -1.79. The normalized spacial score (nSPS) is 28.4. The van der Waals surface area contributed by atoms with Crippen molar-refractivity contribution in [3.63, 3.8) is 0 Å². The number of hydrogen-bond acceptors (Lipinski definition) is 3. The molecule has 26 heavy (non-hydrogen) atoms. The van der Waals surface area contributed by atoms with Gasteiger partial charge in [0.2, 0.25) is 0 Å². The quantitative estimate of drug-likeness (QED) is 0.786. The van der Waals surface area contributed by atoms with E-state index in [1.165, 1.54) is 18.2 Å². The number of carboxylic acids is 1. The molecule has 0 amide bonds. The van der Waals surface area contributed by atoms with Gasteiger partial charge in [-0.15, -0.1) is 0 Å². The Morgan fingerprint density at radius 2 is 2.19 bits per heavy atom. The van der Waals surface area contributed by atoms with E-state index in [1.807, 2.05) is 6.92 Å². The number of carbonyl (C=O) groups is 1. The third kappa shape index (κ3) is 2.97. The molecule has 3 unspecified atom stereocenters. The van der Waals surface area contributed by atoms with Crippen molar-refractivity contribution >= 4 is 17.6 Å². The molecule has 1 aromatic carbocycles. The molecule has 1 aromatic rings. The number of nitrogens with one attached hydrogen (secondary N) is 1. The number of allylic oxidation sites excluding steroid dienone is 2. The van der Waals surface area contributed by atoms with Crippen LogP contribution in [0.5, 0.6) is 0 Å². The Balaban J connectivity index is 2.28. The number of nitrogens with zero attached hydrogens (tertiary/aromatic N) is 1. The minimum Gasteiger partial charge on any atom is -0.481 e. The van der Waals surface area contributed by atoms with E-state index in [-0.39, 0.29) is 11.1 Å². The molecular formula is C20H22ClFN2O2. The van der Waals surface area contributed by atoms with Gasteiger partial charge in [-0.2, -0.15) is 5.26 Å². The number of aliphatic carboxylic acids is 1. The van der Waals surface area contributed by atoms with E-state index in [0.29, 0.717) is 35.6 Å². The Labute approximate surface area is 157 Å². The lowest BCUT2D eigenvalue weighted by atomic mass is 9.59. The summed E-state index contributed by atoms with van der Waals surface area (Å²) in [7, 11) is 0. The number of halogens is 2. The number of benzene rings is 1. The van der Waals surface area contributed by atoms with Gasteiger partial charge in [-0.3, -0.25) is 4.79 Å². The lowest BCUT2D eigenvalue weighted by Gasteiger charge is -2.48. The van der Waals surface area contributed by atoms with Crippen LogP contribution in [-0.4, -0.2) is 17.1 Å². The van der Waals surface area contributed by atoms with Gasteiger partial charge in [0.25, 0.3) is 0 Å².